The number of hydrogen-bond acceptors (Lipinski definition) is 1. The van der Waals surface area contributed by atoms with Gasteiger partial charge in [0.25, 0.3) is 0 Å². The molecular formula is C20H15NO. The second-order valence-electron chi connectivity index (χ2n) is 5.70. The molecule has 106 valence electrons. The molecule has 0 amide bonds. The molecule has 0 bridgehead atoms. The third-order valence-electron chi connectivity index (χ3n) is 4.60. The first-order valence-electron chi connectivity index (χ1n) is 7.69. The van der Waals surface area contributed by atoms with Crippen molar-refractivity contribution in [3.8, 4) is 0 Å². The normalized spacial score (nSPS) is 12.0. The van der Waals surface area contributed by atoms with Gasteiger partial charge in [-0.3, -0.25) is 0 Å². The van der Waals surface area contributed by atoms with Crippen molar-refractivity contribution in [3.05, 3.63) is 60.7 Å². The number of hydrogen-bond donors (Lipinski definition) is 0. The topological polar surface area (TPSA) is 18.1 Å². The van der Waals surface area contributed by atoms with Gasteiger partial charge in [-0.1, -0.05) is 36.4 Å². The Kier molecular flexibility index (Phi) is 2.23. The van der Waals surface area contributed by atoms with Crippen LogP contribution in [0.3, 0.4) is 0 Å². The van der Waals surface area contributed by atoms with Crippen LogP contribution in [0.2, 0.25) is 0 Å². The Balaban J connectivity index is 2.13. The van der Waals surface area contributed by atoms with Crippen LogP contribution in [0.15, 0.2) is 65.1 Å². The first-order chi connectivity index (χ1) is 10.9. The predicted molar refractivity (Wildman–Crippen MR) is 92.4 cm³/mol. The molecule has 22 heavy (non-hydrogen) atoms. The van der Waals surface area contributed by atoms with Crippen LogP contribution in [0, 0.1) is 0 Å². The Labute approximate surface area is 127 Å². The molecule has 0 aliphatic carbocycles. The summed E-state index contributed by atoms with van der Waals surface area (Å²) in [6.45, 7) is 3.14. The van der Waals surface area contributed by atoms with E-state index in [0.29, 0.717) is 0 Å². The van der Waals surface area contributed by atoms with Crippen molar-refractivity contribution in [1.29, 1.82) is 0 Å². The molecular weight excluding hydrogens is 270 g/mol. The molecule has 0 aliphatic rings. The van der Waals surface area contributed by atoms with Crippen LogP contribution in [-0.4, -0.2) is 4.57 Å². The molecule has 0 radical (unpaired) electrons. The first-order valence-corrected chi connectivity index (χ1v) is 7.69. The zero-order chi connectivity index (χ0) is 14.7. The minimum Gasteiger partial charge on any atom is -0.455 e. The molecule has 0 saturated carbocycles. The Bertz CT molecular complexity index is 1160. The lowest BCUT2D eigenvalue weighted by Crippen LogP contribution is -1.92. The van der Waals surface area contributed by atoms with Crippen LogP contribution in [0.1, 0.15) is 6.92 Å². The number of furan rings is 1. The molecule has 2 aromatic heterocycles. The van der Waals surface area contributed by atoms with Gasteiger partial charge in [0.15, 0.2) is 0 Å². The summed E-state index contributed by atoms with van der Waals surface area (Å²) in [6.07, 6.45) is 0. The van der Waals surface area contributed by atoms with Crippen molar-refractivity contribution in [2.24, 2.45) is 0 Å². The molecule has 2 heteroatoms. The first kappa shape index (κ1) is 11.9. The van der Waals surface area contributed by atoms with Crippen LogP contribution < -0.4 is 0 Å². The summed E-state index contributed by atoms with van der Waals surface area (Å²) in [5.74, 6) is 0. The van der Waals surface area contributed by atoms with E-state index in [-0.39, 0.29) is 0 Å². The summed E-state index contributed by atoms with van der Waals surface area (Å²) < 4.78 is 8.58. The zero-order valence-electron chi connectivity index (χ0n) is 12.3. The standard InChI is InChI=1S/C20H15NO/c1-2-21-16-9-5-3-8-15(16)19-17(21)12-11-14-13-7-4-6-10-18(13)22-20(14)19/h3-12H,2H2,1H3. The minimum atomic E-state index is 0.954. The van der Waals surface area contributed by atoms with E-state index in [4.69, 9.17) is 4.42 Å². The summed E-state index contributed by atoms with van der Waals surface area (Å²) in [5.41, 5.74) is 4.48. The van der Waals surface area contributed by atoms with E-state index < -0.39 is 0 Å². The minimum absolute atomic E-state index is 0.954. The van der Waals surface area contributed by atoms with E-state index in [9.17, 15) is 0 Å². The molecule has 0 unspecified atom stereocenters. The Morgan fingerprint density at radius 2 is 1.55 bits per heavy atom. The van der Waals surface area contributed by atoms with Gasteiger partial charge in [-0.2, -0.15) is 0 Å². The number of fused-ring (bicyclic) bond motifs is 7. The van der Waals surface area contributed by atoms with Gasteiger partial charge in [-0.15, -0.1) is 0 Å². The third-order valence-corrected chi connectivity index (χ3v) is 4.60. The largest absolute Gasteiger partial charge is 0.455 e. The fourth-order valence-corrected chi connectivity index (χ4v) is 3.65. The quantitative estimate of drug-likeness (QED) is 0.385. The molecule has 0 N–H and O–H groups in total. The monoisotopic (exact) mass is 285 g/mol. The summed E-state index contributed by atoms with van der Waals surface area (Å²) in [6, 6.07) is 21.3. The van der Waals surface area contributed by atoms with Crippen molar-refractivity contribution in [3.63, 3.8) is 0 Å². The van der Waals surface area contributed by atoms with Gasteiger partial charge in [-0.05, 0) is 31.2 Å². The van der Waals surface area contributed by atoms with Crippen LogP contribution in [0.25, 0.3) is 43.7 Å². The van der Waals surface area contributed by atoms with Gasteiger partial charge < -0.3 is 8.98 Å². The number of aryl methyl sites for hydroxylation is 1. The molecule has 0 spiro atoms. The molecule has 0 aliphatic heterocycles. The molecule has 0 saturated heterocycles. The smallest absolute Gasteiger partial charge is 0.145 e. The van der Waals surface area contributed by atoms with Crippen LogP contribution in [-0.2, 0) is 6.54 Å². The van der Waals surface area contributed by atoms with Crippen LogP contribution in [0.5, 0.6) is 0 Å². The van der Waals surface area contributed by atoms with Crippen molar-refractivity contribution in [2.45, 2.75) is 13.5 Å². The Hall–Kier alpha value is -2.74. The highest BCUT2D eigenvalue weighted by Crippen LogP contribution is 2.38. The zero-order valence-corrected chi connectivity index (χ0v) is 12.3. The lowest BCUT2D eigenvalue weighted by atomic mass is 10.1. The van der Waals surface area contributed by atoms with Gasteiger partial charge in [0.05, 0.1) is 10.9 Å². The summed E-state index contributed by atoms with van der Waals surface area (Å²) in [5, 5.41) is 4.88. The van der Waals surface area contributed by atoms with Crippen LogP contribution >= 0.6 is 0 Å². The maximum atomic E-state index is 6.22. The number of aromatic nitrogens is 1. The summed E-state index contributed by atoms with van der Waals surface area (Å²) in [4.78, 5) is 0. The van der Waals surface area contributed by atoms with Gasteiger partial charge in [0.1, 0.15) is 11.2 Å². The summed E-state index contributed by atoms with van der Waals surface area (Å²) in [7, 11) is 0. The van der Waals surface area contributed by atoms with E-state index in [0.717, 1.165) is 17.7 Å². The van der Waals surface area contributed by atoms with E-state index in [1.54, 1.807) is 0 Å². The van der Waals surface area contributed by atoms with Crippen molar-refractivity contribution in [1.82, 2.24) is 4.57 Å². The average molecular weight is 285 g/mol. The highest BCUT2D eigenvalue weighted by molar-refractivity contribution is 6.23. The highest BCUT2D eigenvalue weighted by Gasteiger charge is 2.16. The Morgan fingerprint density at radius 1 is 0.773 bits per heavy atom. The highest BCUT2D eigenvalue weighted by atomic mass is 16.3. The Morgan fingerprint density at radius 3 is 2.41 bits per heavy atom. The van der Waals surface area contributed by atoms with Gasteiger partial charge in [0, 0.05) is 28.2 Å². The predicted octanol–water partition coefficient (Wildman–Crippen LogP) is 5.71. The molecule has 0 atom stereocenters. The van der Waals surface area contributed by atoms with Crippen LogP contribution in [0.4, 0.5) is 0 Å². The second kappa shape index (κ2) is 4.14. The number of rotatable bonds is 1. The summed E-state index contributed by atoms with van der Waals surface area (Å²) >= 11 is 0. The van der Waals surface area contributed by atoms with Gasteiger partial charge in [-0.25, -0.2) is 0 Å². The second-order valence-corrected chi connectivity index (χ2v) is 5.70. The number of nitrogens with zero attached hydrogens (tertiary/aromatic N) is 1. The fourth-order valence-electron chi connectivity index (χ4n) is 3.65. The number of benzene rings is 3. The molecule has 2 heterocycles. The third kappa shape index (κ3) is 1.34. The van der Waals surface area contributed by atoms with Crippen molar-refractivity contribution >= 4 is 43.7 Å². The lowest BCUT2D eigenvalue weighted by molar-refractivity contribution is 0.673. The molecule has 3 aromatic carbocycles. The van der Waals surface area contributed by atoms with Crippen molar-refractivity contribution in [2.75, 3.05) is 0 Å². The maximum absolute atomic E-state index is 6.22. The lowest BCUT2D eigenvalue weighted by Gasteiger charge is -2.02. The maximum Gasteiger partial charge on any atom is 0.145 e. The molecule has 0 fully saturated rings. The van der Waals surface area contributed by atoms with E-state index in [1.165, 1.54) is 32.6 Å². The van der Waals surface area contributed by atoms with Crippen molar-refractivity contribution < 1.29 is 4.42 Å². The SMILES string of the molecule is CCn1c2ccccc2c2c3oc4ccccc4c3ccc21. The molecule has 2 nitrogen and oxygen atoms in total. The fraction of sp³-hybridized carbons (Fsp3) is 0.100. The molecule has 5 aromatic rings. The van der Waals surface area contributed by atoms with Gasteiger partial charge in [0.2, 0.25) is 0 Å². The number of para-hydroxylation sites is 2. The average Bonchev–Trinajstić information content (AvgIpc) is 3.09. The van der Waals surface area contributed by atoms with E-state index in [1.807, 2.05) is 12.1 Å². The van der Waals surface area contributed by atoms with E-state index >= 15 is 0 Å². The van der Waals surface area contributed by atoms with Gasteiger partial charge >= 0.3 is 0 Å². The molecule has 5 rings (SSSR count). The van der Waals surface area contributed by atoms with E-state index in [2.05, 4.69) is 60.0 Å².